The quantitative estimate of drug-likeness (QED) is 0.415. The van der Waals surface area contributed by atoms with Gasteiger partial charge in [-0.25, -0.2) is 0 Å². The molecule has 4 nitrogen and oxygen atoms in total. The Morgan fingerprint density at radius 3 is 2.49 bits per heavy atom. The molecule has 8 heteroatoms. The van der Waals surface area contributed by atoms with Crippen molar-refractivity contribution in [2.24, 2.45) is 11.7 Å². The van der Waals surface area contributed by atoms with Crippen molar-refractivity contribution in [3.8, 4) is 0 Å². The van der Waals surface area contributed by atoms with Gasteiger partial charge in [0.25, 0.3) is 0 Å². The van der Waals surface area contributed by atoms with Gasteiger partial charge in [-0.3, -0.25) is 4.79 Å². The number of thiophene rings is 1. The fourth-order valence-corrected chi connectivity index (χ4v) is 5.77. The lowest BCUT2D eigenvalue weighted by molar-refractivity contribution is -0.137. The maximum absolute atomic E-state index is 13.4. The van der Waals surface area contributed by atoms with Crippen LogP contribution in [-0.4, -0.2) is 37.0 Å². The average molecular weight is 504 g/mol. The number of hydrogen-bond acceptors (Lipinski definition) is 4. The van der Waals surface area contributed by atoms with Crippen LogP contribution < -0.4 is 10.6 Å². The van der Waals surface area contributed by atoms with Crippen LogP contribution in [0.2, 0.25) is 0 Å². The number of piperazine rings is 1. The van der Waals surface area contributed by atoms with Crippen molar-refractivity contribution in [1.29, 1.82) is 0 Å². The predicted molar refractivity (Wildman–Crippen MR) is 137 cm³/mol. The largest absolute Gasteiger partial charge is 0.416 e. The fraction of sp³-hybridized carbons (Fsp3) is 0.444. The van der Waals surface area contributed by atoms with Crippen molar-refractivity contribution in [1.82, 2.24) is 4.90 Å². The minimum absolute atomic E-state index is 0.115. The van der Waals surface area contributed by atoms with Crippen LogP contribution in [0.15, 0.2) is 47.8 Å². The third-order valence-corrected chi connectivity index (χ3v) is 7.63. The lowest BCUT2D eigenvalue weighted by atomic mass is 9.94. The topological polar surface area (TPSA) is 49.6 Å². The number of hydrogen-bond donors (Lipinski definition) is 1. The molecule has 2 heterocycles. The van der Waals surface area contributed by atoms with Crippen molar-refractivity contribution in [3.63, 3.8) is 0 Å². The number of fused-ring (bicyclic) bond motifs is 1. The van der Waals surface area contributed by atoms with Crippen LogP contribution in [0.3, 0.4) is 0 Å². The molecule has 0 spiro atoms. The molecule has 3 aromatic rings. The van der Waals surface area contributed by atoms with Crippen LogP contribution in [0.4, 0.5) is 18.9 Å². The number of alkyl halides is 3. The lowest BCUT2D eigenvalue weighted by Gasteiger charge is -2.38. The number of nitrogens with two attached hydrogens (primary N) is 1. The Hall–Kier alpha value is -2.58. The minimum atomic E-state index is -4.41. The van der Waals surface area contributed by atoms with Crippen LogP contribution in [0.5, 0.6) is 0 Å². The van der Waals surface area contributed by atoms with Crippen molar-refractivity contribution < 1.29 is 18.0 Å². The molecule has 1 fully saturated rings. The fourth-order valence-electron chi connectivity index (χ4n) is 4.77. The van der Waals surface area contributed by atoms with E-state index in [9.17, 15) is 18.0 Å². The molecular formula is C27H32F3N3OS. The number of halogens is 3. The SMILES string of the molecule is CC(C)C[C@H](N)c1cc(C(F)(F)F)ccc1N1CCN(C(=O)CCc2csc3ccccc23)CC1. The number of aryl methyl sites for hydroxylation is 1. The Morgan fingerprint density at radius 2 is 1.80 bits per heavy atom. The molecule has 0 radical (unpaired) electrons. The van der Waals surface area contributed by atoms with Gasteiger partial charge < -0.3 is 15.5 Å². The number of benzene rings is 2. The van der Waals surface area contributed by atoms with E-state index >= 15 is 0 Å². The molecular weight excluding hydrogens is 471 g/mol. The molecule has 2 N–H and O–H groups in total. The summed E-state index contributed by atoms with van der Waals surface area (Å²) in [6.07, 6.45) is -2.66. The minimum Gasteiger partial charge on any atom is -0.368 e. The van der Waals surface area contributed by atoms with Gasteiger partial charge in [-0.1, -0.05) is 32.0 Å². The summed E-state index contributed by atoms with van der Waals surface area (Å²) in [5.41, 5.74) is 8.15. The second kappa shape index (κ2) is 10.6. The number of nitrogens with zero attached hydrogens (tertiary/aromatic N) is 2. The van der Waals surface area contributed by atoms with Gasteiger partial charge in [0.1, 0.15) is 0 Å². The molecule has 0 unspecified atom stereocenters. The number of carbonyl (C=O) groups is 1. The normalized spacial score (nSPS) is 15.7. The average Bonchev–Trinajstić information content (AvgIpc) is 3.24. The molecule has 35 heavy (non-hydrogen) atoms. The Kier molecular flexibility index (Phi) is 7.71. The zero-order chi connectivity index (χ0) is 25.2. The first-order valence-electron chi connectivity index (χ1n) is 12.1. The standard InChI is InChI=1S/C27H32F3N3OS/c1-18(2)15-23(31)22-16-20(27(28,29)30)8-9-24(22)32-11-13-33(14-12-32)26(34)10-7-19-17-35-25-6-4-3-5-21(19)25/h3-6,8-9,16-18,23H,7,10-15,31H2,1-2H3/t23-/m0/s1. The molecule has 1 aromatic heterocycles. The summed E-state index contributed by atoms with van der Waals surface area (Å²) in [6.45, 7) is 6.25. The summed E-state index contributed by atoms with van der Waals surface area (Å²) in [6, 6.07) is 11.6. The molecule has 2 aromatic carbocycles. The van der Waals surface area contributed by atoms with Crippen LogP contribution in [0.1, 0.15) is 49.4 Å². The predicted octanol–water partition coefficient (Wildman–Crippen LogP) is 6.25. The second-order valence-corrected chi connectivity index (χ2v) is 10.5. The van der Waals surface area contributed by atoms with Gasteiger partial charge in [0.15, 0.2) is 0 Å². The molecule has 1 atom stereocenters. The summed E-state index contributed by atoms with van der Waals surface area (Å²) in [5.74, 6) is 0.381. The Morgan fingerprint density at radius 1 is 1.09 bits per heavy atom. The third kappa shape index (κ3) is 5.98. The van der Waals surface area contributed by atoms with E-state index in [1.807, 2.05) is 30.9 Å². The number of carbonyl (C=O) groups excluding carboxylic acids is 1. The van der Waals surface area contributed by atoms with Gasteiger partial charge in [0, 0.05) is 49.0 Å². The van der Waals surface area contributed by atoms with Crippen LogP contribution >= 0.6 is 11.3 Å². The van der Waals surface area contributed by atoms with Gasteiger partial charge in [-0.2, -0.15) is 13.2 Å². The van der Waals surface area contributed by atoms with Crippen LogP contribution in [0.25, 0.3) is 10.1 Å². The molecule has 1 aliphatic rings. The first-order valence-corrected chi connectivity index (χ1v) is 13.0. The van der Waals surface area contributed by atoms with E-state index in [4.69, 9.17) is 5.73 Å². The zero-order valence-corrected chi connectivity index (χ0v) is 21.0. The molecule has 188 valence electrons. The van der Waals surface area contributed by atoms with Crippen molar-refractivity contribution >= 4 is 33.0 Å². The second-order valence-electron chi connectivity index (χ2n) is 9.63. The first kappa shape index (κ1) is 25.5. The smallest absolute Gasteiger partial charge is 0.368 e. The summed E-state index contributed by atoms with van der Waals surface area (Å²) in [5, 5.41) is 3.34. The van der Waals surface area contributed by atoms with E-state index in [-0.39, 0.29) is 11.8 Å². The highest BCUT2D eigenvalue weighted by Gasteiger charge is 2.33. The molecule has 4 rings (SSSR count). The van der Waals surface area contributed by atoms with E-state index in [1.165, 1.54) is 27.8 Å². The highest BCUT2D eigenvalue weighted by molar-refractivity contribution is 7.17. The molecule has 1 amide bonds. The van der Waals surface area contributed by atoms with Gasteiger partial charge >= 0.3 is 6.18 Å². The van der Waals surface area contributed by atoms with Crippen LogP contribution in [-0.2, 0) is 17.4 Å². The molecule has 0 saturated carbocycles. The van der Waals surface area contributed by atoms with Crippen LogP contribution in [0, 0.1) is 5.92 Å². The summed E-state index contributed by atoms with van der Waals surface area (Å²) < 4.78 is 41.3. The van der Waals surface area contributed by atoms with Crippen molar-refractivity contribution in [2.75, 3.05) is 31.1 Å². The summed E-state index contributed by atoms with van der Waals surface area (Å²) in [7, 11) is 0. The maximum atomic E-state index is 13.4. The van der Waals surface area contributed by atoms with E-state index in [0.717, 1.165) is 11.8 Å². The molecule has 0 aliphatic carbocycles. The zero-order valence-electron chi connectivity index (χ0n) is 20.1. The summed E-state index contributed by atoms with van der Waals surface area (Å²) in [4.78, 5) is 16.8. The van der Waals surface area contributed by atoms with E-state index in [2.05, 4.69) is 22.4 Å². The van der Waals surface area contributed by atoms with E-state index in [0.29, 0.717) is 51.0 Å². The van der Waals surface area contributed by atoms with Gasteiger partial charge in [0.05, 0.1) is 5.56 Å². The van der Waals surface area contributed by atoms with Crippen molar-refractivity contribution in [2.45, 2.75) is 45.3 Å². The first-order chi connectivity index (χ1) is 16.6. The molecule has 1 saturated heterocycles. The Balaban J connectivity index is 1.41. The third-order valence-electron chi connectivity index (χ3n) is 6.62. The van der Waals surface area contributed by atoms with Gasteiger partial charge in [0.2, 0.25) is 5.91 Å². The highest BCUT2D eigenvalue weighted by atomic mass is 32.1. The Labute approximate surface area is 208 Å². The number of rotatable bonds is 7. The lowest BCUT2D eigenvalue weighted by Crippen LogP contribution is -2.49. The number of anilines is 1. The van der Waals surface area contributed by atoms with Gasteiger partial charge in [-0.05, 0) is 64.9 Å². The van der Waals surface area contributed by atoms with E-state index in [1.54, 1.807) is 11.3 Å². The molecule has 1 aliphatic heterocycles. The van der Waals surface area contributed by atoms with E-state index < -0.39 is 17.8 Å². The number of amides is 1. The monoisotopic (exact) mass is 503 g/mol. The highest BCUT2D eigenvalue weighted by Crippen LogP contribution is 2.36. The molecule has 0 bridgehead atoms. The van der Waals surface area contributed by atoms with Gasteiger partial charge in [-0.15, -0.1) is 11.3 Å². The Bertz CT molecular complexity index is 1170. The maximum Gasteiger partial charge on any atom is 0.416 e. The van der Waals surface area contributed by atoms with Crippen molar-refractivity contribution in [3.05, 3.63) is 64.5 Å². The summed E-state index contributed by atoms with van der Waals surface area (Å²) >= 11 is 1.70.